The van der Waals surface area contributed by atoms with Crippen LogP contribution in [-0.2, 0) is 5.54 Å². The van der Waals surface area contributed by atoms with Crippen molar-refractivity contribution in [2.75, 3.05) is 12.8 Å². The van der Waals surface area contributed by atoms with Crippen LogP contribution in [0.25, 0.3) is 11.4 Å². The van der Waals surface area contributed by atoms with Gasteiger partial charge in [-0.1, -0.05) is 20.8 Å². The van der Waals surface area contributed by atoms with Crippen molar-refractivity contribution in [2.45, 2.75) is 45.6 Å². The Balaban J connectivity index is 2.60. The van der Waals surface area contributed by atoms with Crippen LogP contribution >= 0.6 is 0 Å². The number of aromatic nitrogens is 4. The molecule has 0 bridgehead atoms. The molecule has 0 fully saturated rings. The van der Waals surface area contributed by atoms with Gasteiger partial charge in [-0.05, 0) is 47.9 Å². The highest BCUT2D eigenvalue weighted by Gasteiger charge is 2.31. The Kier molecular flexibility index (Phi) is 4.45. The van der Waals surface area contributed by atoms with Crippen molar-refractivity contribution >= 4 is 5.69 Å². The van der Waals surface area contributed by atoms with Crippen molar-refractivity contribution in [3.63, 3.8) is 0 Å². The van der Waals surface area contributed by atoms with Gasteiger partial charge in [-0.15, -0.1) is 5.10 Å². The third-order valence-corrected chi connectivity index (χ3v) is 4.39. The van der Waals surface area contributed by atoms with Gasteiger partial charge in [0.05, 0.1) is 12.6 Å². The number of ether oxygens (including phenoxy) is 1. The minimum atomic E-state index is -0.0889. The van der Waals surface area contributed by atoms with Crippen LogP contribution in [0.5, 0.6) is 5.75 Å². The molecular weight excluding hydrogens is 266 g/mol. The lowest BCUT2D eigenvalue weighted by atomic mass is 9.89. The van der Waals surface area contributed by atoms with E-state index in [4.69, 9.17) is 10.5 Å². The minimum absolute atomic E-state index is 0.0889. The summed E-state index contributed by atoms with van der Waals surface area (Å²) in [5, 5.41) is 12.3. The Labute approximate surface area is 125 Å². The first-order valence-corrected chi connectivity index (χ1v) is 7.34. The second-order valence-electron chi connectivity index (χ2n) is 5.15. The van der Waals surface area contributed by atoms with Crippen molar-refractivity contribution in [1.29, 1.82) is 0 Å². The molecule has 6 heteroatoms. The molecule has 0 unspecified atom stereocenters. The van der Waals surface area contributed by atoms with Gasteiger partial charge < -0.3 is 10.5 Å². The van der Waals surface area contributed by atoms with E-state index in [-0.39, 0.29) is 5.54 Å². The van der Waals surface area contributed by atoms with Gasteiger partial charge in [0, 0.05) is 11.3 Å². The predicted octanol–water partition coefficient (Wildman–Crippen LogP) is 2.86. The Morgan fingerprint density at radius 3 is 2.43 bits per heavy atom. The minimum Gasteiger partial charge on any atom is -0.497 e. The molecular formula is C15H23N5O. The van der Waals surface area contributed by atoms with Gasteiger partial charge in [0.15, 0.2) is 5.82 Å². The zero-order valence-electron chi connectivity index (χ0n) is 13.1. The number of tetrazole rings is 1. The molecule has 1 aromatic heterocycles. The average molecular weight is 289 g/mol. The highest BCUT2D eigenvalue weighted by molar-refractivity contribution is 5.73. The molecule has 0 saturated heterocycles. The van der Waals surface area contributed by atoms with E-state index in [9.17, 15) is 0 Å². The number of benzene rings is 1. The van der Waals surface area contributed by atoms with Crippen LogP contribution in [-0.4, -0.2) is 27.3 Å². The van der Waals surface area contributed by atoms with Gasteiger partial charge in [-0.3, -0.25) is 0 Å². The molecule has 1 aromatic carbocycles. The van der Waals surface area contributed by atoms with Crippen LogP contribution in [0, 0.1) is 0 Å². The van der Waals surface area contributed by atoms with E-state index >= 15 is 0 Å². The number of hydrogen-bond donors (Lipinski definition) is 1. The molecule has 0 saturated carbocycles. The molecule has 0 radical (unpaired) electrons. The second kappa shape index (κ2) is 6.11. The summed E-state index contributed by atoms with van der Waals surface area (Å²) in [4.78, 5) is 0. The van der Waals surface area contributed by atoms with Gasteiger partial charge in [-0.2, -0.15) is 0 Å². The van der Waals surface area contributed by atoms with Crippen molar-refractivity contribution in [3.05, 3.63) is 18.2 Å². The summed E-state index contributed by atoms with van der Waals surface area (Å²) in [7, 11) is 1.63. The van der Waals surface area contributed by atoms with Crippen molar-refractivity contribution in [3.8, 4) is 17.1 Å². The van der Waals surface area contributed by atoms with E-state index in [1.807, 2.05) is 22.9 Å². The first-order chi connectivity index (χ1) is 10.1. The number of methoxy groups -OCH3 is 1. The number of hydrogen-bond acceptors (Lipinski definition) is 5. The highest BCUT2D eigenvalue weighted by Crippen LogP contribution is 2.35. The number of nitrogen functional groups attached to an aromatic ring is 1. The van der Waals surface area contributed by atoms with Crippen LogP contribution < -0.4 is 10.5 Å². The third-order valence-electron chi connectivity index (χ3n) is 4.39. The van der Waals surface area contributed by atoms with E-state index in [0.717, 1.165) is 30.6 Å². The largest absolute Gasteiger partial charge is 0.497 e. The zero-order chi connectivity index (χ0) is 15.5. The summed E-state index contributed by atoms with van der Waals surface area (Å²) in [6.45, 7) is 6.48. The average Bonchev–Trinajstić information content (AvgIpc) is 3.00. The topological polar surface area (TPSA) is 78.8 Å². The third kappa shape index (κ3) is 2.57. The molecule has 0 spiro atoms. The second-order valence-corrected chi connectivity index (χ2v) is 5.15. The fourth-order valence-electron chi connectivity index (χ4n) is 2.73. The SMILES string of the molecule is CCC(CC)(CC)n1nnnc1-c1cc(OC)ccc1N. The molecule has 2 N–H and O–H groups in total. The molecule has 0 amide bonds. The van der Waals surface area contributed by atoms with Crippen LogP contribution in [0.15, 0.2) is 18.2 Å². The molecule has 114 valence electrons. The normalized spacial score (nSPS) is 11.6. The highest BCUT2D eigenvalue weighted by atomic mass is 16.5. The molecule has 21 heavy (non-hydrogen) atoms. The molecule has 0 aliphatic rings. The summed E-state index contributed by atoms with van der Waals surface area (Å²) in [5.41, 5.74) is 7.47. The van der Waals surface area contributed by atoms with Gasteiger partial charge in [0.2, 0.25) is 0 Å². The summed E-state index contributed by atoms with van der Waals surface area (Å²) in [5.74, 6) is 1.43. The van der Waals surface area contributed by atoms with Crippen molar-refractivity contribution < 1.29 is 4.74 Å². The van der Waals surface area contributed by atoms with E-state index in [1.54, 1.807) is 7.11 Å². The zero-order valence-corrected chi connectivity index (χ0v) is 13.1. The fraction of sp³-hybridized carbons (Fsp3) is 0.533. The molecule has 1 heterocycles. The van der Waals surface area contributed by atoms with Gasteiger partial charge in [0.25, 0.3) is 0 Å². The Morgan fingerprint density at radius 2 is 1.86 bits per heavy atom. The molecule has 0 aliphatic heterocycles. The van der Waals surface area contributed by atoms with Crippen molar-refractivity contribution in [1.82, 2.24) is 20.2 Å². The Hall–Kier alpha value is -2.11. The van der Waals surface area contributed by atoms with Crippen LogP contribution in [0.3, 0.4) is 0 Å². The number of rotatable bonds is 6. The van der Waals surface area contributed by atoms with Crippen molar-refractivity contribution in [2.24, 2.45) is 0 Å². The maximum absolute atomic E-state index is 6.11. The maximum atomic E-state index is 6.11. The predicted molar refractivity (Wildman–Crippen MR) is 83.1 cm³/mol. The lowest BCUT2D eigenvalue weighted by molar-refractivity contribution is 0.223. The fourth-order valence-corrected chi connectivity index (χ4v) is 2.73. The van der Waals surface area contributed by atoms with Crippen LogP contribution in [0.4, 0.5) is 5.69 Å². The lowest BCUT2D eigenvalue weighted by Crippen LogP contribution is -2.33. The van der Waals surface area contributed by atoms with E-state index in [0.29, 0.717) is 11.5 Å². The van der Waals surface area contributed by atoms with Gasteiger partial charge in [-0.25, -0.2) is 4.68 Å². The Bertz CT molecular complexity index is 596. The molecule has 2 aromatic rings. The Morgan fingerprint density at radius 1 is 1.19 bits per heavy atom. The van der Waals surface area contributed by atoms with Crippen LogP contribution in [0.2, 0.25) is 0 Å². The number of nitrogens with zero attached hydrogens (tertiary/aromatic N) is 4. The quantitative estimate of drug-likeness (QED) is 0.827. The van der Waals surface area contributed by atoms with E-state index in [1.165, 1.54) is 0 Å². The standard InChI is InChI=1S/C15H23N5O/c1-5-15(6-2,7-3)20-14(17-18-19-20)12-10-11(21-4)8-9-13(12)16/h8-10H,5-7,16H2,1-4H3. The first-order valence-electron chi connectivity index (χ1n) is 7.34. The summed E-state index contributed by atoms with van der Waals surface area (Å²) >= 11 is 0. The lowest BCUT2D eigenvalue weighted by Gasteiger charge is -2.31. The number of anilines is 1. The molecule has 6 nitrogen and oxygen atoms in total. The number of nitrogens with two attached hydrogens (primary N) is 1. The summed E-state index contributed by atoms with van der Waals surface area (Å²) in [6.07, 6.45) is 2.88. The van der Waals surface area contributed by atoms with E-state index < -0.39 is 0 Å². The molecule has 0 aliphatic carbocycles. The molecule has 0 atom stereocenters. The smallest absolute Gasteiger partial charge is 0.184 e. The van der Waals surface area contributed by atoms with E-state index in [2.05, 4.69) is 36.3 Å². The molecule has 2 rings (SSSR count). The maximum Gasteiger partial charge on any atom is 0.184 e. The van der Waals surface area contributed by atoms with Gasteiger partial charge in [0.1, 0.15) is 5.75 Å². The summed E-state index contributed by atoms with van der Waals surface area (Å²) < 4.78 is 7.19. The first kappa shape index (κ1) is 15.3. The monoisotopic (exact) mass is 289 g/mol. The van der Waals surface area contributed by atoms with Gasteiger partial charge >= 0.3 is 0 Å². The summed E-state index contributed by atoms with van der Waals surface area (Å²) in [6, 6.07) is 5.53. The van der Waals surface area contributed by atoms with Crippen LogP contribution in [0.1, 0.15) is 40.0 Å².